The SMILES string of the molecule is CCOC(=O)c1ccc(NC(=O)N(C)C2CCCCC2)cc1. The van der Waals surface area contributed by atoms with Crippen LogP contribution in [0.4, 0.5) is 10.5 Å². The zero-order valence-electron chi connectivity index (χ0n) is 13.3. The third-order valence-electron chi connectivity index (χ3n) is 4.09. The summed E-state index contributed by atoms with van der Waals surface area (Å²) < 4.78 is 4.93. The summed E-state index contributed by atoms with van der Waals surface area (Å²) in [6, 6.07) is 6.99. The predicted octanol–water partition coefficient (Wildman–Crippen LogP) is 3.66. The largest absolute Gasteiger partial charge is 0.462 e. The topological polar surface area (TPSA) is 58.6 Å². The highest BCUT2D eigenvalue weighted by molar-refractivity contribution is 5.92. The summed E-state index contributed by atoms with van der Waals surface area (Å²) in [7, 11) is 1.85. The fourth-order valence-corrected chi connectivity index (χ4v) is 2.75. The number of nitrogens with zero attached hydrogens (tertiary/aromatic N) is 1. The maximum absolute atomic E-state index is 12.3. The fraction of sp³-hybridized carbons (Fsp3) is 0.529. The van der Waals surface area contributed by atoms with Crippen molar-refractivity contribution >= 4 is 17.7 Å². The molecule has 1 N–H and O–H groups in total. The van der Waals surface area contributed by atoms with Gasteiger partial charge in [0.05, 0.1) is 12.2 Å². The first-order valence-corrected chi connectivity index (χ1v) is 7.93. The standard InChI is InChI=1S/C17H24N2O3/c1-3-22-16(20)13-9-11-14(12-10-13)18-17(21)19(2)15-7-5-4-6-8-15/h9-12,15H,3-8H2,1-2H3,(H,18,21). The van der Waals surface area contributed by atoms with Gasteiger partial charge in [0.1, 0.15) is 0 Å². The van der Waals surface area contributed by atoms with Gasteiger partial charge in [0.25, 0.3) is 0 Å². The number of anilines is 1. The van der Waals surface area contributed by atoms with E-state index < -0.39 is 0 Å². The molecule has 0 heterocycles. The highest BCUT2D eigenvalue weighted by Crippen LogP contribution is 2.22. The molecule has 1 aromatic carbocycles. The zero-order valence-corrected chi connectivity index (χ0v) is 13.3. The Labute approximate surface area is 131 Å². The Balaban J connectivity index is 1.92. The van der Waals surface area contributed by atoms with Crippen molar-refractivity contribution in [1.82, 2.24) is 4.90 Å². The van der Waals surface area contributed by atoms with E-state index in [1.165, 1.54) is 19.3 Å². The average molecular weight is 304 g/mol. The van der Waals surface area contributed by atoms with Crippen molar-refractivity contribution in [1.29, 1.82) is 0 Å². The van der Waals surface area contributed by atoms with Gasteiger partial charge in [0, 0.05) is 18.8 Å². The number of urea groups is 1. The van der Waals surface area contributed by atoms with Gasteiger partial charge in [-0.25, -0.2) is 9.59 Å². The minimum atomic E-state index is -0.347. The van der Waals surface area contributed by atoms with E-state index in [0.29, 0.717) is 23.9 Å². The molecule has 1 aliphatic carbocycles. The molecule has 1 fully saturated rings. The van der Waals surface area contributed by atoms with Gasteiger partial charge in [-0.15, -0.1) is 0 Å². The molecule has 5 heteroatoms. The van der Waals surface area contributed by atoms with E-state index in [0.717, 1.165) is 12.8 Å². The maximum atomic E-state index is 12.3. The molecule has 0 saturated heterocycles. The summed E-state index contributed by atoms with van der Waals surface area (Å²) in [5, 5.41) is 2.87. The average Bonchev–Trinajstić information content (AvgIpc) is 2.55. The van der Waals surface area contributed by atoms with Crippen LogP contribution < -0.4 is 5.32 Å². The van der Waals surface area contributed by atoms with Crippen LogP contribution in [0.1, 0.15) is 49.4 Å². The number of hydrogen-bond acceptors (Lipinski definition) is 3. The van der Waals surface area contributed by atoms with E-state index in [2.05, 4.69) is 5.32 Å². The molecule has 1 saturated carbocycles. The maximum Gasteiger partial charge on any atom is 0.338 e. The Morgan fingerprint density at radius 3 is 2.41 bits per heavy atom. The highest BCUT2D eigenvalue weighted by Gasteiger charge is 2.22. The molecular formula is C17H24N2O3. The molecule has 0 bridgehead atoms. The molecule has 120 valence electrons. The van der Waals surface area contributed by atoms with E-state index in [1.807, 2.05) is 7.05 Å². The van der Waals surface area contributed by atoms with Crippen molar-refractivity contribution in [2.24, 2.45) is 0 Å². The Bertz CT molecular complexity index is 507. The van der Waals surface area contributed by atoms with Gasteiger partial charge < -0.3 is 15.0 Å². The van der Waals surface area contributed by atoms with E-state index in [9.17, 15) is 9.59 Å². The number of ether oxygens (including phenoxy) is 1. The first kappa shape index (κ1) is 16.3. The van der Waals surface area contributed by atoms with Crippen LogP contribution in [-0.2, 0) is 4.74 Å². The number of nitrogens with one attached hydrogen (secondary N) is 1. The van der Waals surface area contributed by atoms with Gasteiger partial charge in [-0.05, 0) is 44.0 Å². The molecule has 1 aromatic rings. The van der Waals surface area contributed by atoms with E-state index >= 15 is 0 Å². The van der Waals surface area contributed by atoms with Gasteiger partial charge in [-0.2, -0.15) is 0 Å². The molecule has 22 heavy (non-hydrogen) atoms. The number of rotatable bonds is 4. The van der Waals surface area contributed by atoms with Gasteiger partial charge in [0.15, 0.2) is 0 Å². The lowest BCUT2D eigenvalue weighted by atomic mass is 9.95. The quantitative estimate of drug-likeness (QED) is 0.864. The van der Waals surface area contributed by atoms with Crippen LogP contribution in [-0.4, -0.2) is 36.6 Å². The van der Waals surface area contributed by atoms with Crippen LogP contribution >= 0.6 is 0 Å². The summed E-state index contributed by atoms with van der Waals surface area (Å²) in [6.45, 7) is 2.12. The number of hydrogen-bond donors (Lipinski definition) is 1. The van der Waals surface area contributed by atoms with E-state index in [1.54, 1.807) is 36.1 Å². The second-order valence-electron chi connectivity index (χ2n) is 5.63. The minimum Gasteiger partial charge on any atom is -0.462 e. The lowest BCUT2D eigenvalue weighted by Gasteiger charge is -2.31. The molecule has 1 aliphatic rings. The van der Waals surface area contributed by atoms with Crippen molar-refractivity contribution in [3.63, 3.8) is 0 Å². The summed E-state index contributed by atoms with van der Waals surface area (Å²) >= 11 is 0. The molecule has 0 spiro atoms. The number of esters is 1. The summed E-state index contributed by atoms with van der Waals surface area (Å²) in [5.74, 6) is -0.347. The van der Waals surface area contributed by atoms with E-state index in [-0.39, 0.29) is 12.0 Å². The second-order valence-corrected chi connectivity index (χ2v) is 5.63. The Hall–Kier alpha value is -2.04. The van der Waals surface area contributed by atoms with Crippen molar-refractivity contribution in [2.75, 3.05) is 19.0 Å². The smallest absolute Gasteiger partial charge is 0.338 e. The Kier molecular flexibility index (Phi) is 5.81. The first-order chi connectivity index (χ1) is 10.6. The molecule has 0 radical (unpaired) electrons. The van der Waals surface area contributed by atoms with Crippen LogP contribution in [0.2, 0.25) is 0 Å². The number of benzene rings is 1. The van der Waals surface area contributed by atoms with E-state index in [4.69, 9.17) is 4.74 Å². The van der Waals surface area contributed by atoms with Gasteiger partial charge in [0.2, 0.25) is 0 Å². The van der Waals surface area contributed by atoms with Gasteiger partial charge >= 0.3 is 12.0 Å². The fourth-order valence-electron chi connectivity index (χ4n) is 2.75. The monoisotopic (exact) mass is 304 g/mol. The van der Waals surface area contributed by atoms with Crippen molar-refractivity contribution in [3.8, 4) is 0 Å². The molecule has 0 aliphatic heterocycles. The molecular weight excluding hydrogens is 280 g/mol. The van der Waals surface area contributed by atoms with Crippen molar-refractivity contribution in [2.45, 2.75) is 45.1 Å². The van der Waals surface area contributed by atoms with Gasteiger partial charge in [-0.3, -0.25) is 0 Å². The summed E-state index contributed by atoms with van der Waals surface area (Å²) in [6.07, 6.45) is 5.80. The Morgan fingerprint density at radius 2 is 1.82 bits per heavy atom. The Morgan fingerprint density at radius 1 is 1.18 bits per heavy atom. The molecule has 2 rings (SSSR count). The van der Waals surface area contributed by atoms with Crippen LogP contribution in [0.25, 0.3) is 0 Å². The van der Waals surface area contributed by atoms with Crippen molar-refractivity contribution < 1.29 is 14.3 Å². The summed E-state index contributed by atoms with van der Waals surface area (Å²) in [5.41, 5.74) is 1.17. The highest BCUT2D eigenvalue weighted by atomic mass is 16.5. The lowest BCUT2D eigenvalue weighted by Crippen LogP contribution is -2.40. The first-order valence-electron chi connectivity index (χ1n) is 7.93. The third kappa shape index (κ3) is 4.23. The minimum absolute atomic E-state index is 0.101. The predicted molar refractivity (Wildman–Crippen MR) is 86.1 cm³/mol. The summed E-state index contributed by atoms with van der Waals surface area (Å²) in [4.78, 5) is 25.6. The second kappa shape index (κ2) is 7.82. The zero-order chi connectivity index (χ0) is 15.9. The molecule has 2 amide bonds. The number of amides is 2. The number of carbonyl (C=O) groups excluding carboxylic acids is 2. The third-order valence-corrected chi connectivity index (χ3v) is 4.09. The van der Waals surface area contributed by atoms with Crippen LogP contribution in [0, 0.1) is 0 Å². The molecule has 0 atom stereocenters. The number of carbonyl (C=O) groups is 2. The van der Waals surface area contributed by atoms with Crippen LogP contribution in [0.15, 0.2) is 24.3 Å². The normalized spacial score (nSPS) is 15.2. The molecule has 0 unspecified atom stereocenters. The van der Waals surface area contributed by atoms with Crippen LogP contribution in [0.3, 0.4) is 0 Å². The van der Waals surface area contributed by atoms with Crippen LogP contribution in [0.5, 0.6) is 0 Å². The molecule has 5 nitrogen and oxygen atoms in total. The van der Waals surface area contributed by atoms with Crippen molar-refractivity contribution in [3.05, 3.63) is 29.8 Å². The molecule has 0 aromatic heterocycles. The van der Waals surface area contributed by atoms with Gasteiger partial charge in [-0.1, -0.05) is 19.3 Å². The lowest BCUT2D eigenvalue weighted by molar-refractivity contribution is 0.0526.